The summed E-state index contributed by atoms with van der Waals surface area (Å²) < 4.78 is 0. The van der Waals surface area contributed by atoms with E-state index in [4.69, 9.17) is 0 Å². The van der Waals surface area contributed by atoms with Crippen LogP contribution in [0.25, 0.3) is 0 Å². The minimum Gasteiger partial charge on any atom is -0.330 e. The number of hydrogen-bond acceptors (Lipinski definition) is 4. The van der Waals surface area contributed by atoms with Gasteiger partial charge < -0.3 is 4.90 Å². The first-order chi connectivity index (χ1) is 9.25. The zero-order chi connectivity index (χ0) is 13.2. The highest BCUT2D eigenvalue weighted by atomic mass is 32.1. The molecule has 1 aromatic rings. The minimum absolute atomic E-state index is 0.0336. The summed E-state index contributed by atoms with van der Waals surface area (Å²) in [6, 6.07) is 2.24. The number of nitrogens with one attached hydrogen (secondary N) is 1. The molecule has 3 heterocycles. The zero-order valence-corrected chi connectivity index (χ0v) is 11.3. The molecule has 0 bridgehead atoms. The Hall–Kier alpha value is -1.69. The molecule has 6 heteroatoms. The first-order valence-corrected chi connectivity index (χ1v) is 7.38. The summed E-state index contributed by atoms with van der Waals surface area (Å²) in [4.78, 5) is 25.4. The second kappa shape index (κ2) is 5.13. The lowest BCUT2D eigenvalue weighted by molar-refractivity contribution is -0.125. The standard InChI is InChI=1S/C13H15N3O2S/c17-12-4-3-10(14-15-12)13(18)16-6-1-2-11(16)9-5-7-19-8-9/h5,7-8,11H,1-4,6H2,(H,15,17)/t11-/m0/s1. The lowest BCUT2D eigenvalue weighted by atomic mass is 10.1. The molecule has 2 aliphatic heterocycles. The van der Waals surface area contributed by atoms with Gasteiger partial charge in [-0.25, -0.2) is 5.43 Å². The molecule has 0 spiro atoms. The smallest absolute Gasteiger partial charge is 0.270 e. The van der Waals surface area contributed by atoms with Crippen molar-refractivity contribution in [3.05, 3.63) is 22.4 Å². The van der Waals surface area contributed by atoms with E-state index in [0.717, 1.165) is 19.4 Å². The molecule has 1 saturated heterocycles. The monoisotopic (exact) mass is 277 g/mol. The first-order valence-electron chi connectivity index (χ1n) is 6.44. The Kier molecular flexibility index (Phi) is 3.33. The third kappa shape index (κ3) is 2.40. The van der Waals surface area contributed by atoms with Gasteiger partial charge in [-0.2, -0.15) is 16.4 Å². The van der Waals surface area contributed by atoms with E-state index >= 15 is 0 Å². The molecule has 0 aromatic carbocycles. The molecule has 0 saturated carbocycles. The molecular weight excluding hydrogens is 262 g/mol. The SMILES string of the molecule is O=C1CCC(C(=O)N2CCC[C@H]2c2ccsc2)=NN1. The third-order valence-corrected chi connectivity index (χ3v) is 4.29. The van der Waals surface area contributed by atoms with Crippen molar-refractivity contribution in [3.8, 4) is 0 Å². The fourth-order valence-electron chi connectivity index (χ4n) is 2.62. The van der Waals surface area contributed by atoms with E-state index in [9.17, 15) is 9.59 Å². The van der Waals surface area contributed by atoms with Crippen LogP contribution in [0.2, 0.25) is 0 Å². The number of hydrogen-bond donors (Lipinski definition) is 1. The summed E-state index contributed by atoms with van der Waals surface area (Å²) in [6.07, 6.45) is 2.81. The number of thiophene rings is 1. The zero-order valence-electron chi connectivity index (χ0n) is 10.5. The van der Waals surface area contributed by atoms with Gasteiger partial charge in [0.2, 0.25) is 5.91 Å². The van der Waals surface area contributed by atoms with E-state index in [2.05, 4.69) is 22.0 Å². The van der Waals surface area contributed by atoms with Gasteiger partial charge in [-0.05, 0) is 35.2 Å². The number of likely N-dealkylation sites (tertiary alicyclic amines) is 1. The summed E-state index contributed by atoms with van der Waals surface area (Å²) in [5.74, 6) is -0.152. The Morgan fingerprint density at radius 2 is 2.37 bits per heavy atom. The highest BCUT2D eigenvalue weighted by Gasteiger charge is 2.33. The molecule has 1 aromatic heterocycles. The van der Waals surface area contributed by atoms with E-state index in [1.54, 1.807) is 11.3 Å². The fraction of sp³-hybridized carbons (Fsp3) is 0.462. The number of carbonyl (C=O) groups excluding carboxylic acids is 2. The second-order valence-corrected chi connectivity index (χ2v) is 5.59. The summed E-state index contributed by atoms with van der Waals surface area (Å²) in [5, 5.41) is 8.03. The molecule has 5 nitrogen and oxygen atoms in total. The Morgan fingerprint density at radius 3 is 3.05 bits per heavy atom. The molecule has 2 aliphatic rings. The van der Waals surface area contributed by atoms with Gasteiger partial charge in [0.25, 0.3) is 5.91 Å². The van der Waals surface area contributed by atoms with Crippen LogP contribution in [0.4, 0.5) is 0 Å². The Morgan fingerprint density at radius 1 is 1.47 bits per heavy atom. The van der Waals surface area contributed by atoms with E-state index in [1.165, 1.54) is 5.56 Å². The number of nitrogens with zero attached hydrogens (tertiary/aromatic N) is 2. The summed E-state index contributed by atoms with van der Waals surface area (Å²) in [7, 11) is 0. The van der Waals surface area contributed by atoms with Crippen LogP contribution < -0.4 is 5.43 Å². The number of hydrazone groups is 1. The number of rotatable bonds is 2. The molecule has 0 unspecified atom stereocenters. The van der Waals surface area contributed by atoms with E-state index in [0.29, 0.717) is 18.6 Å². The van der Waals surface area contributed by atoms with Gasteiger partial charge in [0, 0.05) is 19.4 Å². The molecule has 1 atom stereocenters. The molecule has 19 heavy (non-hydrogen) atoms. The molecule has 0 radical (unpaired) electrons. The maximum Gasteiger partial charge on any atom is 0.270 e. The molecule has 3 rings (SSSR count). The van der Waals surface area contributed by atoms with Gasteiger partial charge in [-0.3, -0.25) is 9.59 Å². The second-order valence-electron chi connectivity index (χ2n) is 4.81. The molecule has 2 amide bonds. The van der Waals surface area contributed by atoms with Crippen LogP contribution in [0.15, 0.2) is 21.9 Å². The highest BCUT2D eigenvalue weighted by molar-refractivity contribution is 7.08. The maximum atomic E-state index is 12.5. The van der Waals surface area contributed by atoms with Gasteiger partial charge in [0.1, 0.15) is 5.71 Å². The average Bonchev–Trinajstić information content (AvgIpc) is 3.09. The summed E-state index contributed by atoms with van der Waals surface area (Å²) >= 11 is 1.65. The van der Waals surface area contributed by atoms with Crippen molar-refractivity contribution in [2.45, 2.75) is 31.7 Å². The van der Waals surface area contributed by atoms with Gasteiger partial charge in [0.15, 0.2) is 0 Å². The quantitative estimate of drug-likeness (QED) is 0.894. The normalized spacial score (nSPS) is 23.2. The van der Waals surface area contributed by atoms with Crippen molar-refractivity contribution in [2.24, 2.45) is 5.10 Å². The largest absolute Gasteiger partial charge is 0.330 e. The van der Waals surface area contributed by atoms with Crippen LogP contribution in [0.5, 0.6) is 0 Å². The molecule has 1 fully saturated rings. The van der Waals surface area contributed by atoms with Crippen LogP contribution in [0, 0.1) is 0 Å². The van der Waals surface area contributed by atoms with Gasteiger partial charge >= 0.3 is 0 Å². The van der Waals surface area contributed by atoms with E-state index < -0.39 is 0 Å². The number of amides is 2. The van der Waals surface area contributed by atoms with Crippen molar-refractivity contribution in [1.29, 1.82) is 0 Å². The number of carbonyl (C=O) groups is 2. The molecule has 100 valence electrons. The molecular formula is C13H15N3O2S. The Labute approximate surface area is 115 Å². The fourth-order valence-corrected chi connectivity index (χ4v) is 3.32. The average molecular weight is 277 g/mol. The van der Waals surface area contributed by atoms with Crippen molar-refractivity contribution in [1.82, 2.24) is 10.3 Å². The van der Waals surface area contributed by atoms with Crippen LogP contribution in [0.3, 0.4) is 0 Å². The minimum atomic E-state index is -0.118. The predicted molar refractivity (Wildman–Crippen MR) is 72.8 cm³/mol. The third-order valence-electron chi connectivity index (χ3n) is 3.59. The first kappa shape index (κ1) is 12.3. The van der Waals surface area contributed by atoms with Crippen molar-refractivity contribution >= 4 is 28.9 Å². The van der Waals surface area contributed by atoms with Crippen LogP contribution in [0.1, 0.15) is 37.3 Å². The van der Waals surface area contributed by atoms with Gasteiger partial charge in [-0.15, -0.1) is 0 Å². The Bertz CT molecular complexity index is 524. The van der Waals surface area contributed by atoms with Gasteiger partial charge in [-0.1, -0.05) is 0 Å². The summed E-state index contributed by atoms with van der Waals surface area (Å²) in [6.45, 7) is 0.770. The maximum absolute atomic E-state index is 12.5. The summed E-state index contributed by atoms with van der Waals surface area (Å²) in [5.41, 5.74) is 4.07. The van der Waals surface area contributed by atoms with Crippen molar-refractivity contribution in [2.75, 3.05) is 6.54 Å². The van der Waals surface area contributed by atoms with Crippen molar-refractivity contribution < 1.29 is 9.59 Å². The van der Waals surface area contributed by atoms with Crippen molar-refractivity contribution in [3.63, 3.8) is 0 Å². The highest BCUT2D eigenvalue weighted by Crippen LogP contribution is 2.33. The predicted octanol–water partition coefficient (Wildman–Crippen LogP) is 1.68. The molecule has 1 N–H and O–H groups in total. The lowest BCUT2D eigenvalue weighted by Gasteiger charge is -2.25. The Balaban J connectivity index is 1.77. The van der Waals surface area contributed by atoms with E-state index in [-0.39, 0.29) is 17.9 Å². The van der Waals surface area contributed by atoms with Crippen LogP contribution in [-0.4, -0.2) is 29.0 Å². The topological polar surface area (TPSA) is 61.8 Å². The van der Waals surface area contributed by atoms with Gasteiger partial charge in [0.05, 0.1) is 6.04 Å². The lowest BCUT2D eigenvalue weighted by Crippen LogP contribution is -2.39. The van der Waals surface area contributed by atoms with E-state index in [1.807, 2.05) is 10.3 Å². The molecule has 0 aliphatic carbocycles. The van der Waals surface area contributed by atoms with Crippen LogP contribution in [-0.2, 0) is 9.59 Å². The van der Waals surface area contributed by atoms with Crippen LogP contribution >= 0.6 is 11.3 Å².